The van der Waals surface area contributed by atoms with Gasteiger partial charge in [-0.3, -0.25) is 0 Å². The van der Waals surface area contributed by atoms with Crippen LogP contribution in [0.25, 0.3) is 0 Å². The second-order valence-corrected chi connectivity index (χ2v) is 1.74. The van der Waals surface area contributed by atoms with E-state index in [1.807, 2.05) is 0 Å². The molecule has 0 radical (unpaired) electrons. The summed E-state index contributed by atoms with van der Waals surface area (Å²) in [6, 6.07) is 1.56. The zero-order valence-corrected chi connectivity index (χ0v) is 7.09. The Hall–Kier alpha value is -1.50. The van der Waals surface area contributed by atoms with Gasteiger partial charge in [0, 0.05) is 0 Å². The summed E-state index contributed by atoms with van der Waals surface area (Å²) in [7, 11) is 0. The fraction of sp³-hybridized carbons (Fsp3) is 0.500. The van der Waals surface area contributed by atoms with Crippen molar-refractivity contribution in [1.29, 1.82) is 5.26 Å². The molecule has 12 heavy (non-hydrogen) atoms. The average Bonchev–Trinajstić information content (AvgIpc) is 2.06. The summed E-state index contributed by atoms with van der Waals surface area (Å²) in [6.07, 6.45) is -0.441. The third-order valence-electron chi connectivity index (χ3n) is 0.910. The molecule has 0 atom stereocenters. The Morgan fingerprint density at radius 1 is 1.67 bits per heavy atom. The number of esters is 1. The minimum Gasteiger partial charge on any atom is -0.500 e. The van der Waals surface area contributed by atoms with Crippen LogP contribution >= 0.6 is 0 Å². The van der Waals surface area contributed by atoms with E-state index in [9.17, 15) is 4.79 Å². The number of hydrogen-bond acceptors (Lipinski definition) is 4. The maximum Gasteiger partial charge on any atom is 0.352 e. The fourth-order valence-corrected chi connectivity index (χ4v) is 0.458. The lowest BCUT2D eigenvalue weighted by molar-refractivity contribution is -0.138. The highest BCUT2D eigenvalue weighted by Crippen LogP contribution is 1.96. The summed E-state index contributed by atoms with van der Waals surface area (Å²) >= 11 is 0. The van der Waals surface area contributed by atoms with E-state index in [1.54, 1.807) is 19.9 Å². The first-order chi connectivity index (χ1) is 6.17. The molecule has 0 N–H and O–H groups in total. The molecule has 0 bridgehead atoms. The van der Waals surface area contributed by atoms with Gasteiger partial charge in [0.05, 0.1) is 13.2 Å². The van der Waals surface area contributed by atoms with Crippen LogP contribution in [-0.2, 0) is 14.3 Å². The Balaban J connectivity index is 4.59. The molecule has 0 saturated heterocycles. The topological polar surface area (TPSA) is 59.3 Å². The molecule has 0 spiro atoms. The van der Waals surface area contributed by atoms with Gasteiger partial charge in [-0.05, 0) is 13.8 Å². The van der Waals surface area contributed by atoms with E-state index in [2.05, 4.69) is 9.47 Å². The number of nitriles is 1. The Morgan fingerprint density at radius 2 is 2.33 bits per heavy atom. The van der Waals surface area contributed by atoms with Crippen molar-refractivity contribution in [3.8, 4) is 6.07 Å². The summed E-state index contributed by atoms with van der Waals surface area (Å²) < 4.78 is 16.4. The second-order valence-electron chi connectivity index (χ2n) is 1.74. The SMILES string of the molecule is [2H]C(OCC)=C(C#N)C(=O)OCC. The lowest BCUT2D eigenvalue weighted by atomic mass is 10.3. The number of nitrogens with zero attached hydrogens (tertiary/aromatic N) is 1. The van der Waals surface area contributed by atoms with Crippen LogP contribution in [0.4, 0.5) is 0 Å². The largest absolute Gasteiger partial charge is 0.500 e. The lowest BCUT2D eigenvalue weighted by Crippen LogP contribution is -2.06. The van der Waals surface area contributed by atoms with Gasteiger partial charge in [0.15, 0.2) is 5.57 Å². The van der Waals surface area contributed by atoms with Crippen LogP contribution < -0.4 is 0 Å². The van der Waals surface area contributed by atoms with Crippen molar-refractivity contribution in [2.45, 2.75) is 13.8 Å². The monoisotopic (exact) mass is 170 g/mol. The minimum atomic E-state index is -0.816. The third-order valence-corrected chi connectivity index (χ3v) is 0.910. The van der Waals surface area contributed by atoms with E-state index in [-0.39, 0.29) is 13.2 Å². The molecule has 0 heterocycles. The molecular formula is C8H11NO3. The average molecular weight is 170 g/mol. The minimum absolute atomic E-state index is 0.170. The highest BCUT2D eigenvalue weighted by molar-refractivity contribution is 5.92. The van der Waals surface area contributed by atoms with Gasteiger partial charge in [-0.15, -0.1) is 0 Å². The molecule has 0 aliphatic heterocycles. The summed E-state index contributed by atoms with van der Waals surface area (Å²) in [5.41, 5.74) is -0.399. The van der Waals surface area contributed by atoms with Gasteiger partial charge in [0.2, 0.25) is 0 Å². The highest BCUT2D eigenvalue weighted by atomic mass is 16.5. The second kappa shape index (κ2) is 6.23. The molecule has 66 valence electrons. The molecular weight excluding hydrogens is 158 g/mol. The van der Waals surface area contributed by atoms with Crippen LogP contribution in [0.2, 0.25) is 0 Å². The zero-order valence-electron chi connectivity index (χ0n) is 8.09. The van der Waals surface area contributed by atoms with E-state index in [0.717, 1.165) is 0 Å². The van der Waals surface area contributed by atoms with Gasteiger partial charge >= 0.3 is 5.97 Å². The molecule has 0 saturated carbocycles. The van der Waals surface area contributed by atoms with Crippen molar-refractivity contribution in [2.24, 2.45) is 0 Å². The summed E-state index contributed by atoms with van der Waals surface area (Å²) in [5, 5.41) is 8.51. The van der Waals surface area contributed by atoms with Crippen LogP contribution in [0, 0.1) is 11.3 Å². The Bertz CT molecular complexity index is 255. The van der Waals surface area contributed by atoms with Crippen LogP contribution in [0.5, 0.6) is 0 Å². The first-order valence-corrected chi connectivity index (χ1v) is 3.58. The summed E-state index contributed by atoms with van der Waals surface area (Å²) in [6.45, 7) is 3.69. The Labute approximate surface area is 72.8 Å². The van der Waals surface area contributed by atoms with E-state index in [4.69, 9.17) is 6.63 Å². The van der Waals surface area contributed by atoms with Gasteiger partial charge < -0.3 is 9.47 Å². The van der Waals surface area contributed by atoms with Crippen molar-refractivity contribution in [1.82, 2.24) is 0 Å². The number of carbonyl (C=O) groups is 1. The van der Waals surface area contributed by atoms with Crippen LogP contribution in [0.1, 0.15) is 15.2 Å². The van der Waals surface area contributed by atoms with E-state index in [0.29, 0.717) is 0 Å². The fourth-order valence-electron chi connectivity index (χ4n) is 0.458. The molecule has 4 heteroatoms. The highest BCUT2D eigenvalue weighted by Gasteiger charge is 2.09. The normalized spacial score (nSPS) is 12.2. The van der Waals surface area contributed by atoms with Crippen LogP contribution in [0.3, 0.4) is 0 Å². The predicted octanol–water partition coefficient (Wildman–Crippen LogP) is 0.993. The molecule has 0 aromatic heterocycles. The van der Waals surface area contributed by atoms with Crippen molar-refractivity contribution >= 4 is 5.97 Å². The Morgan fingerprint density at radius 3 is 2.75 bits per heavy atom. The lowest BCUT2D eigenvalue weighted by Gasteiger charge is -1.99. The molecule has 0 fully saturated rings. The number of ether oxygens (including phenoxy) is 2. The predicted molar refractivity (Wildman–Crippen MR) is 42.0 cm³/mol. The smallest absolute Gasteiger partial charge is 0.352 e. The van der Waals surface area contributed by atoms with Crippen LogP contribution in [0.15, 0.2) is 11.8 Å². The molecule has 4 nitrogen and oxygen atoms in total. The first kappa shape index (κ1) is 8.60. The first-order valence-electron chi connectivity index (χ1n) is 4.08. The quantitative estimate of drug-likeness (QED) is 0.273. The standard InChI is InChI=1S/C8H11NO3/c1-3-11-6-7(5-9)8(10)12-4-2/h6H,3-4H2,1-2H3/i6D. The van der Waals surface area contributed by atoms with Crippen molar-refractivity contribution < 1.29 is 15.6 Å². The summed E-state index contributed by atoms with van der Waals surface area (Å²) in [4.78, 5) is 11.0. The maximum atomic E-state index is 11.0. The molecule has 0 rings (SSSR count). The van der Waals surface area contributed by atoms with E-state index in [1.165, 1.54) is 0 Å². The molecule has 0 amide bonds. The molecule has 0 aliphatic carbocycles. The van der Waals surface area contributed by atoms with Gasteiger partial charge in [-0.1, -0.05) is 0 Å². The molecule has 0 aromatic rings. The summed E-state index contributed by atoms with van der Waals surface area (Å²) in [5.74, 6) is -0.816. The molecule has 0 aliphatic rings. The van der Waals surface area contributed by atoms with E-state index < -0.39 is 17.8 Å². The number of hydrogen-bond donors (Lipinski definition) is 0. The van der Waals surface area contributed by atoms with Gasteiger partial charge in [0.25, 0.3) is 0 Å². The Kier molecular flexibility index (Phi) is 4.46. The van der Waals surface area contributed by atoms with Gasteiger partial charge in [0.1, 0.15) is 13.7 Å². The number of rotatable bonds is 4. The van der Waals surface area contributed by atoms with Gasteiger partial charge in [-0.2, -0.15) is 5.26 Å². The van der Waals surface area contributed by atoms with Crippen LogP contribution in [-0.4, -0.2) is 19.2 Å². The molecule has 0 unspecified atom stereocenters. The zero-order chi connectivity index (χ0) is 10.3. The van der Waals surface area contributed by atoms with Crippen molar-refractivity contribution in [3.05, 3.63) is 11.8 Å². The van der Waals surface area contributed by atoms with Crippen molar-refractivity contribution in [3.63, 3.8) is 0 Å². The van der Waals surface area contributed by atoms with Gasteiger partial charge in [-0.25, -0.2) is 4.79 Å². The molecule has 0 aromatic carbocycles. The van der Waals surface area contributed by atoms with E-state index >= 15 is 0 Å². The number of carbonyl (C=O) groups excluding carboxylic acids is 1. The third kappa shape index (κ3) is 3.62. The van der Waals surface area contributed by atoms with Crippen molar-refractivity contribution in [2.75, 3.05) is 13.2 Å². The maximum absolute atomic E-state index is 11.0.